The highest BCUT2D eigenvalue weighted by Gasteiger charge is 2.18. The minimum Gasteiger partial charge on any atom is -0.476 e. The zero-order chi connectivity index (χ0) is 37.2. The van der Waals surface area contributed by atoms with E-state index in [1.165, 1.54) is 10.2 Å². The maximum atomic E-state index is 12.4. The molecule has 8 N–H and O–H groups in total. The fourth-order valence-corrected chi connectivity index (χ4v) is 4.54. The molecule has 0 aliphatic heterocycles. The van der Waals surface area contributed by atoms with Crippen LogP contribution >= 0.6 is 0 Å². The van der Waals surface area contributed by atoms with Gasteiger partial charge in [0.05, 0.1) is 41.7 Å². The lowest BCUT2D eigenvalue weighted by Gasteiger charge is -2.11. The number of nitrogens with two attached hydrogens (primary N) is 3. The van der Waals surface area contributed by atoms with Crippen LogP contribution in [0.15, 0.2) is 61.4 Å². The average Bonchev–Trinajstić information content (AvgIpc) is 3.74. The summed E-state index contributed by atoms with van der Waals surface area (Å²) >= 11 is 0. The molecular formula is C34H40N14O3. The number of amides is 1. The second-order valence-corrected chi connectivity index (χ2v) is 11.4. The smallest absolute Gasteiger partial charge is 0.358 e. The van der Waals surface area contributed by atoms with Crippen LogP contribution in [0.4, 0.5) is 11.6 Å². The van der Waals surface area contributed by atoms with Crippen molar-refractivity contribution in [3.05, 3.63) is 118 Å². The van der Waals surface area contributed by atoms with Crippen molar-refractivity contribution in [1.29, 1.82) is 0 Å². The molecule has 0 aromatic carbocycles. The Morgan fingerprint density at radius 1 is 0.725 bits per heavy atom. The summed E-state index contributed by atoms with van der Waals surface area (Å²) in [6.45, 7) is 12.0. The second-order valence-electron chi connectivity index (χ2n) is 11.4. The van der Waals surface area contributed by atoms with E-state index < -0.39 is 5.97 Å². The zero-order valence-corrected chi connectivity index (χ0v) is 29.2. The van der Waals surface area contributed by atoms with Crippen molar-refractivity contribution in [3.63, 3.8) is 0 Å². The third kappa shape index (κ3) is 9.51. The summed E-state index contributed by atoms with van der Waals surface area (Å²) in [4.78, 5) is 48.1. The van der Waals surface area contributed by atoms with Crippen LogP contribution in [0.25, 0.3) is 11.6 Å². The lowest BCUT2D eigenvalue weighted by Crippen LogP contribution is -2.27. The predicted octanol–water partition coefficient (Wildman–Crippen LogP) is 2.90. The van der Waals surface area contributed by atoms with Crippen LogP contribution in [-0.2, 0) is 13.1 Å². The predicted molar refractivity (Wildman–Crippen MR) is 190 cm³/mol. The number of carbonyl (C=O) groups is 2. The molecule has 6 heterocycles. The zero-order valence-electron chi connectivity index (χ0n) is 29.2. The van der Waals surface area contributed by atoms with E-state index in [1.54, 1.807) is 49.5 Å². The number of rotatable bonds is 7. The number of nitrogens with one attached hydrogen (secondary N) is 1. The lowest BCUT2D eigenvalue weighted by atomic mass is 10.2. The van der Waals surface area contributed by atoms with E-state index in [4.69, 9.17) is 22.3 Å². The molecule has 6 aromatic rings. The first-order valence-electron chi connectivity index (χ1n) is 15.6. The molecule has 17 heteroatoms. The number of hydrogen-bond donors (Lipinski definition) is 5. The summed E-state index contributed by atoms with van der Waals surface area (Å²) in [5.41, 5.74) is 23.7. The van der Waals surface area contributed by atoms with Gasteiger partial charge in [-0.25, -0.2) is 34.1 Å². The molecular weight excluding hydrogens is 652 g/mol. The monoisotopic (exact) mass is 692 g/mol. The topological polar surface area (TPSA) is 257 Å². The largest absolute Gasteiger partial charge is 0.476 e. The van der Waals surface area contributed by atoms with Gasteiger partial charge in [-0.15, -0.1) is 0 Å². The minimum atomic E-state index is -1.19. The quantitative estimate of drug-likeness (QED) is 0.161. The summed E-state index contributed by atoms with van der Waals surface area (Å²) in [6.07, 6.45) is 10.4. The van der Waals surface area contributed by atoms with Crippen molar-refractivity contribution in [2.45, 2.75) is 54.6 Å². The van der Waals surface area contributed by atoms with Crippen molar-refractivity contribution in [3.8, 4) is 11.6 Å². The van der Waals surface area contributed by atoms with Crippen LogP contribution < -0.4 is 22.5 Å². The van der Waals surface area contributed by atoms with Gasteiger partial charge in [0.25, 0.3) is 5.91 Å². The van der Waals surface area contributed by atoms with Crippen LogP contribution in [0, 0.1) is 41.5 Å². The Balaban J connectivity index is 0.000000192. The van der Waals surface area contributed by atoms with Crippen molar-refractivity contribution < 1.29 is 14.7 Å². The molecule has 264 valence electrons. The van der Waals surface area contributed by atoms with Crippen LogP contribution in [0.3, 0.4) is 0 Å². The molecule has 1 amide bonds. The van der Waals surface area contributed by atoms with E-state index in [-0.39, 0.29) is 28.9 Å². The van der Waals surface area contributed by atoms with E-state index in [2.05, 4.69) is 45.4 Å². The number of nitrogen functional groups attached to an aromatic ring is 2. The number of aryl methyl sites for hydroxylation is 6. The van der Waals surface area contributed by atoms with Crippen molar-refractivity contribution in [2.75, 3.05) is 11.5 Å². The van der Waals surface area contributed by atoms with E-state index in [0.29, 0.717) is 36.1 Å². The van der Waals surface area contributed by atoms with Gasteiger partial charge in [0.2, 0.25) is 0 Å². The molecule has 0 unspecified atom stereocenters. The Morgan fingerprint density at radius 2 is 1.20 bits per heavy atom. The van der Waals surface area contributed by atoms with Gasteiger partial charge in [-0.05, 0) is 75.9 Å². The third-order valence-electron chi connectivity index (χ3n) is 7.26. The second kappa shape index (κ2) is 16.7. The molecule has 0 aliphatic rings. The first-order chi connectivity index (χ1) is 24.3. The highest BCUT2D eigenvalue weighted by molar-refractivity contribution is 5.96. The number of pyridine rings is 2. The summed E-state index contributed by atoms with van der Waals surface area (Å²) in [5, 5.41) is 19.9. The molecule has 0 saturated carbocycles. The maximum absolute atomic E-state index is 12.4. The van der Waals surface area contributed by atoms with Gasteiger partial charge in [-0.1, -0.05) is 12.1 Å². The number of aromatic nitrogens is 10. The number of aromatic carboxylic acids is 1. The lowest BCUT2D eigenvalue weighted by molar-refractivity contribution is 0.0690. The summed E-state index contributed by atoms with van der Waals surface area (Å²) < 4.78 is 3.10. The fourth-order valence-electron chi connectivity index (χ4n) is 4.54. The number of nitrogens with zero attached hydrogens (tertiary/aromatic N) is 10. The Kier molecular flexibility index (Phi) is 12.2. The van der Waals surface area contributed by atoms with Gasteiger partial charge < -0.3 is 27.6 Å². The van der Waals surface area contributed by atoms with Gasteiger partial charge in [0.1, 0.15) is 0 Å². The van der Waals surface area contributed by atoms with E-state index in [1.807, 2.05) is 58.2 Å². The Labute approximate surface area is 294 Å². The van der Waals surface area contributed by atoms with E-state index in [9.17, 15) is 9.59 Å². The van der Waals surface area contributed by atoms with Gasteiger partial charge in [-0.2, -0.15) is 10.2 Å². The van der Waals surface area contributed by atoms with Gasteiger partial charge in [-0.3, -0.25) is 14.8 Å². The number of carboxylic acid groups (broad SMARTS) is 1. The highest BCUT2D eigenvalue weighted by Crippen LogP contribution is 2.16. The Morgan fingerprint density at radius 3 is 1.61 bits per heavy atom. The summed E-state index contributed by atoms with van der Waals surface area (Å²) in [6, 6.07) is 7.71. The number of carbonyl (C=O) groups excluding carboxylic acids is 1. The normalized spacial score (nSPS) is 10.4. The van der Waals surface area contributed by atoms with Crippen molar-refractivity contribution in [1.82, 2.24) is 54.8 Å². The first-order valence-corrected chi connectivity index (χ1v) is 15.6. The number of anilines is 2. The van der Waals surface area contributed by atoms with Crippen molar-refractivity contribution >= 4 is 23.5 Å². The standard InChI is InChI=1S/C17H19N7O.C10H11N5O2.C7H10N2/c1-10-7-21-24(9-10)16-12(3)22-14(15(18)23-16)17(25)20-8-13-11(2)5-4-6-19-13;1-5-3-12-15(4-5)9-6(2)13-7(10(16)17)8(11)14-9;1-6-3-2-4-9-7(6)5-8/h4-7,9H,8H2,1-3H3,(H2,18,23)(H,20,25);3-4H,1-2H3,(H2,11,14)(H,16,17);2-4H,5,8H2,1H3. The molecule has 0 radical (unpaired) electrons. The summed E-state index contributed by atoms with van der Waals surface area (Å²) in [5.74, 6) is -0.707. The van der Waals surface area contributed by atoms with Crippen LogP contribution in [-0.4, -0.2) is 66.4 Å². The molecule has 6 aromatic heterocycles. The molecule has 0 fully saturated rings. The van der Waals surface area contributed by atoms with Crippen molar-refractivity contribution in [2.24, 2.45) is 5.73 Å². The highest BCUT2D eigenvalue weighted by atomic mass is 16.4. The van der Waals surface area contributed by atoms with Gasteiger partial charge in [0.15, 0.2) is 34.7 Å². The Bertz CT molecular complexity index is 2160. The van der Waals surface area contributed by atoms with Crippen LogP contribution in [0.1, 0.15) is 66.0 Å². The minimum absolute atomic E-state index is 0.0593. The number of hydrogen-bond acceptors (Lipinski definition) is 13. The Hall–Kier alpha value is -6.62. The average molecular weight is 693 g/mol. The fraction of sp³-hybridized carbons (Fsp3) is 0.235. The molecule has 0 atom stereocenters. The van der Waals surface area contributed by atoms with Crippen LogP contribution in [0.2, 0.25) is 0 Å². The molecule has 0 aliphatic carbocycles. The molecule has 0 spiro atoms. The van der Waals surface area contributed by atoms with Gasteiger partial charge >= 0.3 is 5.97 Å². The molecule has 6 rings (SSSR count). The summed E-state index contributed by atoms with van der Waals surface area (Å²) in [7, 11) is 0. The SMILES string of the molecule is Cc1cccnc1CN.Cc1cnn(-c2nc(N)c(C(=O)NCc3ncccc3C)nc2C)c1.Cc1cnn(-c2nc(N)c(C(=O)O)nc2C)c1. The molecule has 0 bridgehead atoms. The molecule has 17 nitrogen and oxygen atoms in total. The third-order valence-corrected chi connectivity index (χ3v) is 7.26. The van der Waals surface area contributed by atoms with Gasteiger partial charge in [0, 0.05) is 31.3 Å². The van der Waals surface area contributed by atoms with E-state index >= 15 is 0 Å². The maximum Gasteiger partial charge on any atom is 0.358 e. The molecule has 0 saturated heterocycles. The van der Waals surface area contributed by atoms with E-state index in [0.717, 1.165) is 28.1 Å². The number of carboxylic acids is 1. The first kappa shape index (κ1) is 37.2. The van der Waals surface area contributed by atoms with Crippen LogP contribution in [0.5, 0.6) is 0 Å². The molecule has 51 heavy (non-hydrogen) atoms.